The van der Waals surface area contributed by atoms with E-state index < -0.39 is 0 Å². The van der Waals surface area contributed by atoms with Crippen molar-refractivity contribution >= 4 is 44.0 Å². The van der Waals surface area contributed by atoms with Crippen molar-refractivity contribution in [2.75, 3.05) is 5.32 Å². The number of oxazole rings is 1. The molecule has 0 spiro atoms. The van der Waals surface area contributed by atoms with Crippen LogP contribution < -0.4 is 5.32 Å². The number of benzene rings is 4. The summed E-state index contributed by atoms with van der Waals surface area (Å²) in [5.41, 5.74) is 6.78. The summed E-state index contributed by atoms with van der Waals surface area (Å²) < 4.78 is 7.06. The van der Waals surface area contributed by atoms with Gasteiger partial charge >= 0.3 is 0 Å². The molecule has 6 aromatic rings. The maximum atomic E-state index is 5.86. The summed E-state index contributed by atoms with van der Waals surface area (Å²) in [5.74, 6) is 0.630. The maximum Gasteiger partial charge on any atom is 0.227 e. The standard InChI is InChI=1S/C26H17N3OS/c1-3-10-23-21(8-1)28-25(30-23)17-12-14-19(15-13-17)27-20-7-5-6-18(16-20)26-29-22-9-2-4-11-24(22)31-26/h1-16,27H. The van der Waals surface area contributed by atoms with Gasteiger partial charge in [0.1, 0.15) is 10.5 Å². The average molecular weight is 420 g/mol. The van der Waals surface area contributed by atoms with Crippen molar-refractivity contribution in [1.82, 2.24) is 9.97 Å². The Morgan fingerprint density at radius 1 is 0.645 bits per heavy atom. The molecule has 0 bridgehead atoms. The minimum Gasteiger partial charge on any atom is -0.436 e. The Kier molecular flexibility index (Phi) is 4.25. The van der Waals surface area contributed by atoms with Gasteiger partial charge in [-0.05, 0) is 60.7 Å². The number of aromatic nitrogens is 2. The number of rotatable bonds is 4. The van der Waals surface area contributed by atoms with Gasteiger partial charge in [0.15, 0.2) is 5.58 Å². The Balaban J connectivity index is 1.25. The van der Waals surface area contributed by atoms with Gasteiger partial charge in [0.2, 0.25) is 5.89 Å². The molecule has 2 heterocycles. The number of nitrogens with one attached hydrogen (secondary N) is 1. The molecule has 6 rings (SSSR count). The van der Waals surface area contributed by atoms with Crippen LogP contribution in [-0.4, -0.2) is 9.97 Å². The Hall–Kier alpha value is -3.96. The van der Waals surface area contributed by atoms with E-state index >= 15 is 0 Å². The van der Waals surface area contributed by atoms with Gasteiger partial charge in [-0.3, -0.25) is 0 Å². The summed E-state index contributed by atoms with van der Waals surface area (Å²) in [6, 6.07) is 32.5. The van der Waals surface area contributed by atoms with Gasteiger partial charge in [-0.25, -0.2) is 9.97 Å². The van der Waals surface area contributed by atoms with Crippen LogP contribution >= 0.6 is 11.3 Å². The molecule has 0 amide bonds. The Morgan fingerprint density at radius 2 is 1.45 bits per heavy atom. The molecule has 4 aromatic carbocycles. The van der Waals surface area contributed by atoms with E-state index in [0.29, 0.717) is 5.89 Å². The van der Waals surface area contributed by atoms with Crippen molar-refractivity contribution in [1.29, 1.82) is 0 Å². The van der Waals surface area contributed by atoms with E-state index in [0.717, 1.165) is 44.1 Å². The van der Waals surface area contributed by atoms with Crippen LogP contribution in [0, 0.1) is 0 Å². The first-order valence-corrected chi connectivity index (χ1v) is 10.8. The molecule has 0 fully saturated rings. The Labute approximate surface area is 182 Å². The fourth-order valence-electron chi connectivity index (χ4n) is 3.58. The summed E-state index contributed by atoms with van der Waals surface area (Å²) in [5, 5.41) is 4.50. The number of hydrogen-bond donors (Lipinski definition) is 1. The smallest absolute Gasteiger partial charge is 0.227 e. The first kappa shape index (κ1) is 17.9. The molecule has 2 aromatic heterocycles. The number of fused-ring (bicyclic) bond motifs is 2. The topological polar surface area (TPSA) is 51.0 Å². The van der Waals surface area contributed by atoms with Crippen LogP contribution in [0.25, 0.3) is 43.3 Å². The van der Waals surface area contributed by atoms with Crippen LogP contribution in [0.3, 0.4) is 0 Å². The zero-order valence-corrected chi connectivity index (χ0v) is 17.3. The normalized spacial score (nSPS) is 11.2. The first-order chi connectivity index (χ1) is 15.3. The highest BCUT2D eigenvalue weighted by molar-refractivity contribution is 7.21. The van der Waals surface area contributed by atoms with Gasteiger partial charge in [0.25, 0.3) is 0 Å². The van der Waals surface area contributed by atoms with Crippen LogP contribution in [0.4, 0.5) is 11.4 Å². The summed E-state index contributed by atoms with van der Waals surface area (Å²) in [7, 11) is 0. The number of anilines is 2. The quantitative estimate of drug-likeness (QED) is 0.321. The zero-order valence-electron chi connectivity index (χ0n) is 16.4. The zero-order chi connectivity index (χ0) is 20.6. The van der Waals surface area contributed by atoms with Gasteiger partial charge in [-0.2, -0.15) is 0 Å². The molecule has 0 saturated carbocycles. The summed E-state index contributed by atoms with van der Waals surface area (Å²) >= 11 is 1.71. The monoisotopic (exact) mass is 419 g/mol. The SMILES string of the molecule is c1cc(Nc2ccc(-c3nc4ccccc4o3)cc2)cc(-c2nc3ccccc3s2)c1. The third kappa shape index (κ3) is 3.45. The molecular weight excluding hydrogens is 402 g/mol. The van der Waals surface area contributed by atoms with Gasteiger partial charge in [-0.15, -0.1) is 11.3 Å². The van der Waals surface area contributed by atoms with Crippen molar-refractivity contribution in [3.63, 3.8) is 0 Å². The largest absolute Gasteiger partial charge is 0.436 e. The molecule has 31 heavy (non-hydrogen) atoms. The van der Waals surface area contributed by atoms with E-state index in [1.807, 2.05) is 60.7 Å². The minimum atomic E-state index is 0.630. The lowest BCUT2D eigenvalue weighted by Crippen LogP contribution is -1.90. The van der Waals surface area contributed by atoms with Gasteiger partial charge in [0.05, 0.1) is 10.2 Å². The predicted octanol–water partition coefficient (Wildman–Crippen LogP) is 7.52. The number of nitrogens with zero attached hydrogens (tertiary/aromatic N) is 2. The number of para-hydroxylation sites is 3. The molecule has 0 aliphatic carbocycles. The fraction of sp³-hybridized carbons (Fsp3) is 0. The predicted molar refractivity (Wildman–Crippen MR) is 128 cm³/mol. The van der Waals surface area contributed by atoms with Crippen molar-refractivity contribution in [3.05, 3.63) is 97.1 Å². The highest BCUT2D eigenvalue weighted by Crippen LogP contribution is 2.32. The molecule has 0 saturated heterocycles. The van der Waals surface area contributed by atoms with Gasteiger partial charge in [0, 0.05) is 22.5 Å². The second kappa shape index (κ2) is 7.38. The maximum absolute atomic E-state index is 5.86. The Bertz CT molecular complexity index is 1450. The molecule has 0 unspecified atom stereocenters. The van der Waals surface area contributed by atoms with Crippen LogP contribution in [0.5, 0.6) is 0 Å². The van der Waals surface area contributed by atoms with Crippen molar-refractivity contribution < 1.29 is 4.42 Å². The lowest BCUT2D eigenvalue weighted by molar-refractivity contribution is 0.620. The number of hydrogen-bond acceptors (Lipinski definition) is 5. The van der Waals surface area contributed by atoms with Crippen LogP contribution in [0.15, 0.2) is 101 Å². The molecule has 0 aliphatic heterocycles. The van der Waals surface area contributed by atoms with E-state index in [1.165, 1.54) is 4.70 Å². The lowest BCUT2D eigenvalue weighted by Gasteiger charge is -2.08. The molecule has 0 aliphatic rings. The van der Waals surface area contributed by atoms with E-state index in [-0.39, 0.29) is 0 Å². The molecule has 1 N–H and O–H groups in total. The van der Waals surface area contributed by atoms with Crippen LogP contribution in [0.2, 0.25) is 0 Å². The van der Waals surface area contributed by atoms with Crippen LogP contribution in [0.1, 0.15) is 0 Å². The molecule has 5 heteroatoms. The van der Waals surface area contributed by atoms with E-state index in [9.17, 15) is 0 Å². The van der Waals surface area contributed by atoms with Crippen molar-refractivity contribution in [2.45, 2.75) is 0 Å². The molecular formula is C26H17N3OS. The Morgan fingerprint density at radius 3 is 2.29 bits per heavy atom. The molecule has 0 radical (unpaired) electrons. The van der Waals surface area contributed by atoms with E-state index in [1.54, 1.807) is 11.3 Å². The number of thiazole rings is 1. The van der Waals surface area contributed by atoms with Crippen molar-refractivity contribution in [3.8, 4) is 22.0 Å². The molecule has 4 nitrogen and oxygen atoms in total. The second-order valence-electron chi connectivity index (χ2n) is 7.26. The van der Waals surface area contributed by atoms with E-state index in [2.05, 4.69) is 46.7 Å². The summed E-state index contributed by atoms with van der Waals surface area (Å²) in [4.78, 5) is 9.33. The highest BCUT2D eigenvalue weighted by atomic mass is 32.1. The van der Waals surface area contributed by atoms with Crippen LogP contribution in [-0.2, 0) is 0 Å². The second-order valence-corrected chi connectivity index (χ2v) is 8.29. The third-order valence-corrected chi connectivity index (χ3v) is 6.20. The highest BCUT2D eigenvalue weighted by Gasteiger charge is 2.09. The fourth-order valence-corrected chi connectivity index (χ4v) is 4.55. The van der Waals surface area contributed by atoms with E-state index in [4.69, 9.17) is 9.40 Å². The van der Waals surface area contributed by atoms with Crippen molar-refractivity contribution in [2.24, 2.45) is 0 Å². The molecule has 0 atom stereocenters. The third-order valence-electron chi connectivity index (χ3n) is 5.12. The average Bonchev–Trinajstić information content (AvgIpc) is 3.44. The minimum absolute atomic E-state index is 0.630. The summed E-state index contributed by atoms with van der Waals surface area (Å²) in [6.45, 7) is 0. The van der Waals surface area contributed by atoms with Gasteiger partial charge < -0.3 is 9.73 Å². The summed E-state index contributed by atoms with van der Waals surface area (Å²) in [6.07, 6.45) is 0. The first-order valence-electron chi connectivity index (χ1n) is 10.0. The van der Waals surface area contributed by atoms with Gasteiger partial charge in [-0.1, -0.05) is 36.4 Å². The lowest BCUT2D eigenvalue weighted by atomic mass is 10.1. The molecule has 148 valence electrons.